The van der Waals surface area contributed by atoms with Crippen LogP contribution in [0.3, 0.4) is 0 Å². The molecule has 0 amide bonds. The topological polar surface area (TPSA) is 0 Å². The summed E-state index contributed by atoms with van der Waals surface area (Å²) in [4.78, 5) is 0. The highest BCUT2D eigenvalue weighted by Crippen LogP contribution is 2.32. The molecular formula is C12H5F6. The fourth-order valence-electron chi connectivity index (χ4n) is 1.77. The highest BCUT2D eigenvalue weighted by atomic mass is 19.2. The third-order valence-corrected chi connectivity index (χ3v) is 2.60. The van der Waals surface area contributed by atoms with Crippen molar-refractivity contribution < 1.29 is 26.3 Å². The van der Waals surface area contributed by atoms with Crippen molar-refractivity contribution in [1.82, 2.24) is 0 Å². The molecule has 2 aromatic rings. The molecule has 95 valence electrons. The zero-order valence-electron chi connectivity index (χ0n) is 8.76. The van der Waals surface area contributed by atoms with Crippen LogP contribution in [0.5, 0.6) is 0 Å². The van der Waals surface area contributed by atoms with E-state index in [0.717, 1.165) is 0 Å². The van der Waals surface area contributed by atoms with Gasteiger partial charge in [0.15, 0.2) is 23.3 Å². The third-order valence-electron chi connectivity index (χ3n) is 2.60. The van der Waals surface area contributed by atoms with Crippen molar-refractivity contribution in [3.63, 3.8) is 0 Å². The van der Waals surface area contributed by atoms with Crippen molar-refractivity contribution in [2.75, 3.05) is 0 Å². The Bertz CT molecular complexity index is 647. The van der Waals surface area contributed by atoms with Crippen LogP contribution in [0.4, 0.5) is 26.3 Å². The number of benzene rings is 2. The Balaban J connectivity index is 3.14. The minimum Gasteiger partial charge on any atom is -0.207 e. The second kappa shape index (κ2) is 4.19. The molecule has 0 atom stereocenters. The fourth-order valence-corrected chi connectivity index (χ4v) is 1.77. The molecule has 0 spiro atoms. The summed E-state index contributed by atoms with van der Waals surface area (Å²) in [6.07, 6.45) is -0.371. The first-order chi connectivity index (χ1) is 8.40. The average molecular weight is 263 g/mol. The molecule has 2 rings (SSSR count). The second-order valence-corrected chi connectivity index (χ2v) is 3.57. The fraction of sp³-hybridized carbons (Fsp3) is 0.0833. The first kappa shape index (κ1) is 12.7. The molecule has 0 aliphatic heterocycles. The molecule has 0 aromatic heterocycles. The van der Waals surface area contributed by atoms with Gasteiger partial charge in [0.05, 0.1) is 5.39 Å². The number of halogens is 6. The SMILES string of the molecule is [CH2]Cc1c(F)cc(F)c2c(F)c(F)c(F)c(F)c12. The molecule has 0 fully saturated rings. The highest BCUT2D eigenvalue weighted by Gasteiger charge is 2.26. The van der Waals surface area contributed by atoms with Crippen molar-refractivity contribution in [2.45, 2.75) is 6.42 Å². The molecule has 2 aromatic carbocycles. The van der Waals surface area contributed by atoms with Gasteiger partial charge in [0.1, 0.15) is 11.6 Å². The lowest BCUT2D eigenvalue weighted by molar-refractivity contribution is 0.415. The predicted octanol–water partition coefficient (Wildman–Crippen LogP) is 4.05. The molecule has 0 bridgehead atoms. The summed E-state index contributed by atoms with van der Waals surface area (Å²) in [6, 6.07) is 0.280. The molecule has 0 saturated carbocycles. The standard InChI is InChI=1S/C12H5F6/c1-2-4-5(13)3-6(14)8-7(4)9(15)11(17)12(18)10(8)16/h3H,1-2H2. The summed E-state index contributed by atoms with van der Waals surface area (Å²) in [5.74, 6) is -10.7. The van der Waals surface area contributed by atoms with Crippen LogP contribution in [0.15, 0.2) is 6.07 Å². The predicted molar refractivity (Wildman–Crippen MR) is 52.8 cm³/mol. The van der Waals surface area contributed by atoms with Gasteiger partial charge < -0.3 is 0 Å². The Labute approximate surface area is 97.8 Å². The van der Waals surface area contributed by atoms with Crippen LogP contribution in [0.2, 0.25) is 0 Å². The first-order valence-corrected chi connectivity index (χ1v) is 4.81. The minimum absolute atomic E-state index is 0.280. The Hall–Kier alpha value is -1.72. The molecule has 0 N–H and O–H groups in total. The van der Waals surface area contributed by atoms with Crippen LogP contribution < -0.4 is 0 Å². The maximum Gasteiger partial charge on any atom is 0.198 e. The molecular weight excluding hydrogens is 258 g/mol. The zero-order valence-corrected chi connectivity index (χ0v) is 8.76. The van der Waals surface area contributed by atoms with E-state index in [0.29, 0.717) is 0 Å². The Morgan fingerprint density at radius 3 is 1.72 bits per heavy atom. The van der Waals surface area contributed by atoms with E-state index in [9.17, 15) is 26.3 Å². The van der Waals surface area contributed by atoms with E-state index in [2.05, 4.69) is 6.92 Å². The van der Waals surface area contributed by atoms with Gasteiger partial charge in [0.2, 0.25) is 0 Å². The van der Waals surface area contributed by atoms with Crippen LogP contribution in [-0.2, 0) is 6.42 Å². The van der Waals surface area contributed by atoms with Crippen LogP contribution in [0.1, 0.15) is 5.56 Å². The lowest BCUT2D eigenvalue weighted by Crippen LogP contribution is -2.04. The van der Waals surface area contributed by atoms with Crippen LogP contribution >= 0.6 is 0 Å². The van der Waals surface area contributed by atoms with Crippen molar-refractivity contribution in [3.05, 3.63) is 53.5 Å². The van der Waals surface area contributed by atoms with Gasteiger partial charge in [-0.15, -0.1) is 0 Å². The third kappa shape index (κ3) is 1.55. The van der Waals surface area contributed by atoms with E-state index in [4.69, 9.17) is 0 Å². The van der Waals surface area contributed by atoms with Gasteiger partial charge in [-0.2, -0.15) is 0 Å². The van der Waals surface area contributed by atoms with E-state index in [1.165, 1.54) is 0 Å². The van der Waals surface area contributed by atoms with E-state index in [1.54, 1.807) is 0 Å². The molecule has 0 heterocycles. The normalized spacial score (nSPS) is 11.3. The molecule has 0 saturated heterocycles. The Morgan fingerprint density at radius 2 is 1.22 bits per heavy atom. The van der Waals surface area contributed by atoms with Gasteiger partial charge in [0, 0.05) is 11.5 Å². The van der Waals surface area contributed by atoms with E-state index >= 15 is 0 Å². The average Bonchev–Trinajstić information content (AvgIpc) is 2.33. The highest BCUT2D eigenvalue weighted by molar-refractivity contribution is 5.88. The Kier molecular flexibility index (Phi) is 2.96. The maximum absolute atomic E-state index is 13.5. The van der Waals surface area contributed by atoms with Gasteiger partial charge >= 0.3 is 0 Å². The molecule has 1 radical (unpaired) electrons. The van der Waals surface area contributed by atoms with Gasteiger partial charge in [0.25, 0.3) is 0 Å². The van der Waals surface area contributed by atoms with Crippen molar-refractivity contribution in [2.24, 2.45) is 0 Å². The first-order valence-electron chi connectivity index (χ1n) is 4.81. The van der Waals surface area contributed by atoms with Crippen molar-refractivity contribution >= 4 is 10.8 Å². The smallest absolute Gasteiger partial charge is 0.198 e. The molecule has 0 aliphatic carbocycles. The van der Waals surface area contributed by atoms with E-state index in [1.807, 2.05) is 0 Å². The van der Waals surface area contributed by atoms with Gasteiger partial charge in [-0.1, -0.05) is 0 Å². The Morgan fingerprint density at radius 1 is 0.722 bits per heavy atom. The second-order valence-electron chi connectivity index (χ2n) is 3.57. The summed E-state index contributed by atoms with van der Waals surface area (Å²) in [6.45, 7) is 3.25. The molecule has 0 unspecified atom stereocenters. The van der Waals surface area contributed by atoms with Crippen LogP contribution in [-0.4, -0.2) is 0 Å². The number of rotatable bonds is 1. The summed E-state index contributed by atoms with van der Waals surface area (Å²) in [5.41, 5.74) is -0.512. The van der Waals surface area contributed by atoms with E-state index < -0.39 is 51.2 Å². The lowest BCUT2D eigenvalue weighted by Gasteiger charge is -2.10. The molecule has 6 heteroatoms. The van der Waals surface area contributed by atoms with E-state index in [-0.39, 0.29) is 12.5 Å². The summed E-state index contributed by atoms with van der Waals surface area (Å²) < 4.78 is 79.6. The van der Waals surface area contributed by atoms with Gasteiger partial charge in [-0.25, -0.2) is 26.3 Å². The maximum atomic E-state index is 13.5. The van der Waals surface area contributed by atoms with Crippen molar-refractivity contribution in [1.29, 1.82) is 0 Å². The largest absolute Gasteiger partial charge is 0.207 e. The number of hydrogen-bond acceptors (Lipinski definition) is 0. The van der Waals surface area contributed by atoms with Crippen LogP contribution in [0, 0.1) is 41.8 Å². The molecule has 0 nitrogen and oxygen atoms in total. The minimum atomic E-state index is -2.14. The summed E-state index contributed by atoms with van der Waals surface area (Å²) >= 11 is 0. The molecule has 0 aliphatic rings. The number of hydrogen-bond donors (Lipinski definition) is 0. The summed E-state index contributed by atoms with van der Waals surface area (Å²) in [7, 11) is 0. The quantitative estimate of drug-likeness (QED) is 0.413. The van der Waals surface area contributed by atoms with Gasteiger partial charge in [-0.05, 0) is 18.9 Å². The van der Waals surface area contributed by atoms with Crippen LogP contribution in [0.25, 0.3) is 10.8 Å². The zero-order chi connectivity index (χ0) is 13.6. The molecule has 18 heavy (non-hydrogen) atoms. The number of fused-ring (bicyclic) bond motifs is 1. The summed E-state index contributed by atoms with van der Waals surface area (Å²) in [5, 5.41) is -2.08. The lowest BCUT2D eigenvalue weighted by atomic mass is 10.00. The monoisotopic (exact) mass is 263 g/mol. The van der Waals surface area contributed by atoms with Crippen molar-refractivity contribution in [3.8, 4) is 0 Å². The van der Waals surface area contributed by atoms with Gasteiger partial charge in [-0.3, -0.25) is 0 Å².